The van der Waals surface area contributed by atoms with Crippen molar-refractivity contribution in [3.63, 3.8) is 0 Å². The van der Waals surface area contributed by atoms with Gasteiger partial charge in [-0.2, -0.15) is 18.3 Å². The summed E-state index contributed by atoms with van der Waals surface area (Å²) in [6, 6.07) is 2.77. The number of nitrogens with one attached hydrogen (secondary N) is 4. The van der Waals surface area contributed by atoms with Crippen molar-refractivity contribution in [1.82, 2.24) is 30.6 Å². The number of nitrogens with zero attached hydrogens (tertiary/aromatic N) is 3. The van der Waals surface area contributed by atoms with Crippen LogP contribution < -0.4 is 21.3 Å². The second kappa shape index (κ2) is 11.3. The smallest absolute Gasteiger partial charge is 0.357 e. The molecule has 1 aliphatic heterocycles. The highest BCUT2D eigenvalue weighted by molar-refractivity contribution is 6.01. The highest BCUT2D eigenvalue weighted by Gasteiger charge is 2.57. The first-order valence-electron chi connectivity index (χ1n) is 14.0. The van der Waals surface area contributed by atoms with E-state index in [4.69, 9.17) is 0 Å². The minimum Gasteiger partial charge on any atom is -0.357 e. The van der Waals surface area contributed by atoms with Crippen molar-refractivity contribution in [2.75, 3.05) is 18.9 Å². The Hall–Kier alpha value is -4.10. The fraction of sp³-hybridized carbons (Fsp3) is 0.536. The van der Waals surface area contributed by atoms with Crippen LogP contribution in [0.4, 0.5) is 23.7 Å². The monoisotopic (exact) mass is 589 g/mol. The van der Waals surface area contributed by atoms with Crippen LogP contribution in [0, 0.1) is 5.92 Å². The third-order valence-electron chi connectivity index (χ3n) is 8.65. The maximum absolute atomic E-state index is 13.6. The Morgan fingerprint density at radius 1 is 1.10 bits per heavy atom. The number of alkyl halides is 3. The van der Waals surface area contributed by atoms with E-state index in [1.54, 1.807) is 31.3 Å². The van der Waals surface area contributed by atoms with Gasteiger partial charge in [0.15, 0.2) is 0 Å². The van der Waals surface area contributed by atoms with Gasteiger partial charge in [-0.15, -0.1) is 0 Å². The van der Waals surface area contributed by atoms with E-state index in [9.17, 15) is 32.3 Å². The summed E-state index contributed by atoms with van der Waals surface area (Å²) in [6.07, 6.45) is 1.41. The highest BCUT2D eigenvalue weighted by Crippen LogP contribution is 2.39. The van der Waals surface area contributed by atoms with Crippen LogP contribution in [0.25, 0.3) is 0 Å². The van der Waals surface area contributed by atoms with Crippen molar-refractivity contribution >= 4 is 29.4 Å². The number of aryl methyl sites for hydroxylation is 1. The molecular formula is C28H34F3N7O4. The van der Waals surface area contributed by atoms with Crippen LogP contribution in [-0.4, -0.2) is 75.8 Å². The van der Waals surface area contributed by atoms with E-state index in [-0.39, 0.29) is 24.7 Å². The molecule has 14 heteroatoms. The molecule has 1 aromatic heterocycles. The molecule has 5 amide bonds. The Morgan fingerprint density at radius 3 is 2.43 bits per heavy atom. The van der Waals surface area contributed by atoms with E-state index in [0.29, 0.717) is 22.5 Å². The Balaban J connectivity index is 1.36. The summed E-state index contributed by atoms with van der Waals surface area (Å²) in [4.78, 5) is 53.3. The number of benzene rings is 1. The van der Waals surface area contributed by atoms with E-state index in [1.165, 1.54) is 17.9 Å². The summed E-state index contributed by atoms with van der Waals surface area (Å²) < 4.78 is 41.6. The van der Waals surface area contributed by atoms with E-state index in [2.05, 4.69) is 21.0 Å². The van der Waals surface area contributed by atoms with Gasteiger partial charge in [0.2, 0.25) is 11.8 Å². The largest absolute Gasteiger partial charge is 0.410 e. The number of amides is 5. The number of fused-ring (bicyclic) bond motifs is 1. The van der Waals surface area contributed by atoms with Gasteiger partial charge in [0.05, 0.1) is 6.54 Å². The van der Waals surface area contributed by atoms with E-state index in [1.807, 2.05) is 5.32 Å². The van der Waals surface area contributed by atoms with Crippen molar-refractivity contribution in [3.05, 3.63) is 47.3 Å². The lowest BCUT2D eigenvalue weighted by Gasteiger charge is -2.36. The normalized spacial score (nSPS) is 23.2. The molecule has 42 heavy (non-hydrogen) atoms. The summed E-state index contributed by atoms with van der Waals surface area (Å²) >= 11 is 0. The fourth-order valence-electron chi connectivity index (χ4n) is 6.43. The number of hydrogen-bond donors (Lipinski definition) is 4. The number of hydrogen-bond acceptors (Lipinski definition) is 5. The molecule has 2 unspecified atom stereocenters. The number of likely N-dealkylation sites (N-methyl/N-ethyl adjacent to an activating group) is 1. The van der Waals surface area contributed by atoms with Gasteiger partial charge in [-0.05, 0) is 48.1 Å². The SMILES string of the molecule is CNC(=O)C1(N2CC(C(F)(F)F)NC2=O)Cc2ccc(NC(=O)[C@@H](NC(=O)c3ccnn3C)C3CCCCC3)cc2C1. The molecule has 4 N–H and O–H groups in total. The van der Waals surface area contributed by atoms with Crippen LogP contribution in [0.3, 0.4) is 0 Å². The molecule has 2 heterocycles. The number of urea groups is 1. The topological polar surface area (TPSA) is 137 Å². The Kier molecular flexibility index (Phi) is 7.90. The first-order valence-corrected chi connectivity index (χ1v) is 14.0. The number of halogens is 3. The Morgan fingerprint density at radius 2 is 1.81 bits per heavy atom. The second-order valence-corrected chi connectivity index (χ2v) is 11.3. The van der Waals surface area contributed by atoms with Gasteiger partial charge < -0.3 is 26.2 Å². The van der Waals surface area contributed by atoms with Crippen LogP contribution in [0.5, 0.6) is 0 Å². The van der Waals surface area contributed by atoms with Crippen molar-refractivity contribution in [1.29, 1.82) is 0 Å². The molecule has 0 bridgehead atoms. The molecule has 0 radical (unpaired) electrons. The molecule has 0 spiro atoms. The molecule has 11 nitrogen and oxygen atoms in total. The molecule has 2 fully saturated rings. The molecule has 1 saturated heterocycles. The molecule has 5 rings (SSSR count). The van der Waals surface area contributed by atoms with Gasteiger partial charge >= 0.3 is 12.2 Å². The first-order chi connectivity index (χ1) is 19.9. The van der Waals surface area contributed by atoms with Gasteiger partial charge in [-0.1, -0.05) is 25.3 Å². The second-order valence-electron chi connectivity index (χ2n) is 11.3. The summed E-state index contributed by atoms with van der Waals surface area (Å²) in [7, 11) is 3.02. The summed E-state index contributed by atoms with van der Waals surface area (Å²) in [6.45, 7) is -0.688. The summed E-state index contributed by atoms with van der Waals surface area (Å²) in [5, 5.41) is 14.3. The maximum atomic E-state index is 13.6. The summed E-state index contributed by atoms with van der Waals surface area (Å²) in [5.41, 5.74) is 0.512. The van der Waals surface area contributed by atoms with E-state index in [0.717, 1.165) is 37.0 Å². The molecule has 1 aromatic carbocycles. The molecule has 3 atom stereocenters. The van der Waals surface area contributed by atoms with E-state index >= 15 is 0 Å². The maximum Gasteiger partial charge on any atom is 0.410 e. The Bertz CT molecular complexity index is 1390. The van der Waals surface area contributed by atoms with Crippen molar-refractivity contribution in [2.24, 2.45) is 13.0 Å². The Labute approximate surface area is 240 Å². The van der Waals surface area contributed by atoms with Crippen molar-refractivity contribution in [3.8, 4) is 0 Å². The number of aromatic nitrogens is 2. The minimum atomic E-state index is -4.65. The van der Waals surface area contributed by atoms with Gasteiger partial charge in [-0.3, -0.25) is 19.1 Å². The van der Waals surface area contributed by atoms with Crippen molar-refractivity contribution in [2.45, 2.75) is 68.7 Å². The molecule has 1 saturated carbocycles. The molecule has 226 valence electrons. The van der Waals surface area contributed by atoms with Gasteiger partial charge in [0, 0.05) is 38.8 Å². The first kappa shape index (κ1) is 29.4. The number of rotatable bonds is 7. The van der Waals surface area contributed by atoms with Gasteiger partial charge in [0.1, 0.15) is 23.3 Å². The van der Waals surface area contributed by atoms with Crippen LogP contribution in [0.2, 0.25) is 0 Å². The quantitative estimate of drug-likeness (QED) is 0.393. The van der Waals surface area contributed by atoms with Gasteiger partial charge in [0.25, 0.3) is 5.91 Å². The molecular weight excluding hydrogens is 555 g/mol. The molecule has 2 aliphatic carbocycles. The van der Waals surface area contributed by atoms with Crippen LogP contribution >= 0.6 is 0 Å². The third-order valence-corrected chi connectivity index (χ3v) is 8.65. The average Bonchev–Trinajstić information content (AvgIpc) is 3.68. The molecule has 2 aromatic rings. The van der Waals surface area contributed by atoms with Gasteiger partial charge in [-0.25, -0.2) is 4.79 Å². The van der Waals surface area contributed by atoms with Crippen LogP contribution in [0.15, 0.2) is 30.5 Å². The predicted molar refractivity (Wildman–Crippen MR) is 145 cm³/mol. The zero-order valence-electron chi connectivity index (χ0n) is 23.4. The number of carbonyl (C=O) groups excluding carboxylic acids is 4. The van der Waals surface area contributed by atoms with Crippen LogP contribution in [-0.2, 0) is 29.5 Å². The summed E-state index contributed by atoms with van der Waals surface area (Å²) in [5.74, 6) is -1.43. The van der Waals surface area contributed by atoms with E-state index < -0.39 is 48.2 Å². The highest BCUT2D eigenvalue weighted by atomic mass is 19.4. The lowest BCUT2D eigenvalue weighted by Crippen LogP contribution is -2.60. The van der Waals surface area contributed by atoms with Crippen molar-refractivity contribution < 1.29 is 32.3 Å². The number of anilines is 1. The standard InChI is InChI=1S/C28H34F3N7O4/c1-32-25(41)27(38-15-21(28(29,30)31)35-26(38)42)13-17-8-9-19(12-18(17)14-27)34-24(40)22(16-6-4-3-5-7-16)36-23(39)20-10-11-33-37(20)2/h8-12,16,21-22H,3-7,13-15H2,1-2H3,(H,32,41)(H,34,40)(H,35,42)(H,36,39)/t21?,22-,27?/m0/s1. The predicted octanol–water partition coefficient (Wildman–Crippen LogP) is 2.28. The zero-order valence-corrected chi connectivity index (χ0v) is 23.4. The lowest BCUT2D eigenvalue weighted by molar-refractivity contribution is -0.152. The van der Waals surface area contributed by atoms with Crippen LogP contribution in [0.1, 0.15) is 53.7 Å². The average molecular weight is 590 g/mol. The fourth-order valence-corrected chi connectivity index (χ4v) is 6.43. The third kappa shape index (κ3) is 5.53. The molecule has 3 aliphatic rings. The minimum absolute atomic E-state index is 0.0208. The number of carbonyl (C=O) groups is 4. The zero-order chi connectivity index (χ0) is 30.2. The lowest BCUT2D eigenvalue weighted by atomic mass is 9.83.